The predicted molar refractivity (Wildman–Crippen MR) is 54.0 cm³/mol. The molecule has 1 rings (SSSR count). The van der Waals surface area contributed by atoms with E-state index >= 15 is 0 Å². The van der Waals surface area contributed by atoms with Gasteiger partial charge in [0.15, 0.2) is 0 Å². The van der Waals surface area contributed by atoms with Crippen LogP contribution in [0.4, 0.5) is 0 Å². The Morgan fingerprint density at radius 1 is 1.29 bits per heavy atom. The molecule has 0 bridgehead atoms. The molecule has 3 heteroatoms. The molecule has 0 spiro atoms. The second-order valence-corrected chi connectivity index (χ2v) is 3.93. The van der Waals surface area contributed by atoms with Crippen LogP contribution in [0.2, 0.25) is 0 Å². The minimum absolute atomic E-state index is 0.106. The number of hydrogen-bond acceptors (Lipinski definition) is 3. The third kappa shape index (κ3) is 3.29. The molecule has 0 heterocycles. The molecule has 3 nitrogen and oxygen atoms in total. The lowest BCUT2D eigenvalue weighted by Crippen LogP contribution is -2.27. The molecule has 2 atom stereocenters. The fourth-order valence-electron chi connectivity index (χ4n) is 2.22. The summed E-state index contributed by atoms with van der Waals surface area (Å²) >= 11 is 0. The van der Waals surface area contributed by atoms with Gasteiger partial charge in [-0.2, -0.15) is 0 Å². The van der Waals surface area contributed by atoms with Crippen molar-refractivity contribution in [1.29, 1.82) is 0 Å². The van der Waals surface area contributed by atoms with Gasteiger partial charge >= 0.3 is 5.97 Å². The van der Waals surface area contributed by atoms with Gasteiger partial charge in [0.05, 0.1) is 13.2 Å². The lowest BCUT2D eigenvalue weighted by molar-refractivity contribution is -0.141. The first-order chi connectivity index (χ1) is 6.77. The zero-order chi connectivity index (χ0) is 10.4. The lowest BCUT2D eigenvalue weighted by Gasteiger charge is -2.30. The van der Waals surface area contributed by atoms with Gasteiger partial charge in [0, 0.05) is 13.5 Å². The highest BCUT2D eigenvalue weighted by molar-refractivity contribution is 5.69. The van der Waals surface area contributed by atoms with Crippen LogP contribution in [0.3, 0.4) is 0 Å². The zero-order valence-corrected chi connectivity index (χ0v) is 9.12. The van der Waals surface area contributed by atoms with Crippen molar-refractivity contribution in [3.8, 4) is 0 Å². The molecule has 1 fully saturated rings. The van der Waals surface area contributed by atoms with Crippen LogP contribution in [0.5, 0.6) is 0 Å². The number of esters is 1. The molecule has 1 aliphatic carbocycles. The van der Waals surface area contributed by atoms with Crippen molar-refractivity contribution in [2.75, 3.05) is 14.2 Å². The van der Waals surface area contributed by atoms with Gasteiger partial charge < -0.3 is 9.47 Å². The molecule has 0 N–H and O–H groups in total. The Bertz CT molecular complexity index is 179. The maximum absolute atomic E-state index is 11.0. The van der Waals surface area contributed by atoms with Gasteiger partial charge in [-0.05, 0) is 25.2 Å². The maximum Gasteiger partial charge on any atom is 0.305 e. The average Bonchev–Trinajstić information content (AvgIpc) is 2.26. The highest BCUT2D eigenvalue weighted by Gasteiger charge is 2.25. The Labute approximate surface area is 85.8 Å². The summed E-state index contributed by atoms with van der Waals surface area (Å²) in [6.07, 6.45) is 6.65. The first kappa shape index (κ1) is 11.5. The summed E-state index contributed by atoms with van der Waals surface area (Å²) < 4.78 is 10.0. The van der Waals surface area contributed by atoms with Crippen molar-refractivity contribution < 1.29 is 14.3 Å². The van der Waals surface area contributed by atoms with Gasteiger partial charge in [0.2, 0.25) is 0 Å². The van der Waals surface area contributed by atoms with E-state index in [0.29, 0.717) is 18.4 Å². The van der Waals surface area contributed by atoms with Crippen molar-refractivity contribution >= 4 is 5.97 Å². The predicted octanol–water partition coefficient (Wildman–Crippen LogP) is 2.14. The molecule has 82 valence electrons. The molecule has 1 aliphatic rings. The summed E-state index contributed by atoms with van der Waals surface area (Å²) in [5.74, 6) is 0.443. The fraction of sp³-hybridized carbons (Fsp3) is 0.909. The van der Waals surface area contributed by atoms with Gasteiger partial charge in [-0.25, -0.2) is 0 Å². The molecule has 0 saturated heterocycles. The van der Waals surface area contributed by atoms with Crippen molar-refractivity contribution in [1.82, 2.24) is 0 Å². The molecule has 0 radical (unpaired) electrons. The molecule has 0 aromatic carbocycles. The molecule has 0 amide bonds. The van der Waals surface area contributed by atoms with E-state index in [9.17, 15) is 4.79 Å². The molecule has 0 aromatic rings. The first-order valence-corrected chi connectivity index (χ1v) is 5.37. The minimum atomic E-state index is -0.106. The number of rotatable bonds is 4. The zero-order valence-electron chi connectivity index (χ0n) is 9.12. The van der Waals surface area contributed by atoms with Crippen LogP contribution in [0.15, 0.2) is 0 Å². The Hall–Kier alpha value is -0.570. The Balaban J connectivity index is 2.29. The third-order valence-corrected chi connectivity index (χ3v) is 3.09. The van der Waals surface area contributed by atoms with Crippen molar-refractivity contribution in [3.05, 3.63) is 0 Å². The number of methoxy groups -OCH3 is 2. The smallest absolute Gasteiger partial charge is 0.305 e. The highest BCUT2D eigenvalue weighted by atomic mass is 16.5. The van der Waals surface area contributed by atoms with E-state index in [1.165, 1.54) is 26.4 Å². The molecule has 0 aromatic heterocycles. The monoisotopic (exact) mass is 200 g/mol. The van der Waals surface area contributed by atoms with Gasteiger partial charge in [-0.3, -0.25) is 4.79 Å². The van der Waals surface area contributed by atoms with E-state index in [2.05, 4.69) is 4.74 Å². The standard InChI is InChI=1S/C11H20O3/c1-13-10-6-4-3-5-9(10)7-8-11(12)14-2/h9-10H,3-8H2,1-2H3/t9-,10+/m0/s1. The molecule has 14 heavy (non-hydrogen) atoms. The van der Waals surface area contributed by atoms with E-state index in [1.54, 1.807) is 7.11 Å². The van der Waals surface area contributed by atoms with Crippen LogP contribution >= 0.6 is 0 Å². The van der Waals surface area contributed by atoms with Gasteiger partial charge in [0.1, 0.15) is 0 Å². The van der Waals surface area contributed by atoms with Crippen LogP contribution in [-0.4, -0.2) is 26.3 Å². The van der Waals surface area contributed by atoms with E-state index < -0.39 is 0 Å². The fourth-order valence-corrected chi connectivity index (χ4v) is 2.22. The van der Waals surface area contributed by atoms with E-state index in [-0.39, 0.29) is 5.97 Å². The summed E-state index contributed by atoms with van der Waals surface area (Å²) in [6, 6.07) is 0. The first-order valence-electron chi connectivity index (χ1n) is 5.37. The highest BCUT2D eigenvalue weighted by Crippen LogP contribution is 2.29. The molecular weight excluding hydrogens is 180 g/mol. The number of ether oxygens (including phenoxy) is 2. The van der Waals surface area contributed by atoms with E-state index in [4.69, 9.17) is 4.74 Å². The van der Waals surface area contributed by atoms with Crippen LogP contribution in [0.25, 0.3) is 0 Å². The van der Waals surface area contributed by atoms with Gasteiger partial charge in [-0.1, -0.05) is 12.8 Å². The van der Waals surface area contributed by atoms with Crippen molar-refractivity contribution in [2.24, 2.45) is 5.92 Å². The van der Waals surface area contributed by atoms with Gasteiger partial charge in [-0.15, -0.1) is 0 Å². The Morgan fingerprint density at radius 2 is 2.00 bits per heavy atom. The molecule has 0 unspecified atom stereocenters. The second-order valence-electron chi connectivity index (χ2n) is 3.93. The SMILES string of the molecule is COC(=O)CC[C@@H]1CCCC[C@H]1OC. The summed E-state index contributed by atoms with van der Waals surface area (Å²) in [6.45, 7) is 0. The average molecular weight is 200 g/mol. The van der Waals surface area contributed by atoms with Crippen molar-refractivity contribution in [3.63, 3.8) is 0 Å². The quantitative estimate of drug-likeness (QED) is 0.652. The molecular formula is C11H20O3. The molecule has 1 saturated carbocycles. The topological polar surface area (TPSA) is 35.5 Å². The minimum Gasteiger partial charge on any atom is -0.469 e. The van der Waals surface area contributed by atoms with Gasteiger partial charge in [0.25, 0.3) is 0 Å². The van der Waals surface area contributed by atoms with Crippen LogP contribution in [0.1, 0.15) is 38.5 Å². The Kier molecular flexibility index (Phi) is 4.94. The summed E-state index contributed by atoms with van der Waals surface area (Å²) in [4.78, 5) is 11.0. The lowest BCUT2D eigenvalue weighted by atomic mass is 9.83. The molecule has 0 aliphatic heterocycles. The number of carbonyl (C=O) groups is 1. The van der Waals surface area contributed by atoms with Crippen LogP contribution < -0.4 is 0 Å². The van der Waals surface area contributed by atoms with Crippen LogP contribution in [0, 0.1) is 5.92 Å². The van der Waals surface area contributed by atoms with E-state index in [1.807, 2.05) is 0 Å². The van der Waals surface area contributed by atoms with Crippen molar-refractivity contribution in [2.45, 2.75) is 44.6 Å². The third-order valence-electron chi connectivity index (χ3n) is 3.09. The second kappa shape index (κ2) is 6.02. The normalized spacial score (nSPS) is 27.3. The summed E-state index contributed by atoms with van der Waals surface area (Å²) in [5.41, 5.74) is 0. The maximum atomic E-state index is 11.0. The number of hydrogen-bond donors (Lipinski definition) is 0. The van der Waals surface area contributed by atoms with E-state index in [0.717, 1.165) is 12.8 Å². The summed E-state index contributed by atoms with van der Waals surface area (Å²) in [5, 5.41) is 0. The summed E-state index contributed by atoms with van der Waals surface area (Å²) in [7, 11) is 3.21. The van der Waals surface area contributed by atoms with Crippen LogP contribution in [-0.2, 0) is 14.3 Å². The largest absolute Gasteiger partial charge is 0.469 e. The number of carbonyl (C=O) groups excluding carboxylic acids is 1. The Morgan fingerprint density at radius 3 is 2.64 bits per heavy atom.